The van der Waals surface area contributed by atoms with Crippen molar-refractivity contribution in [3.8, 4) is 5.75 Å². The van der Waals surface area contributed by atoms with Gasteiger partial charge in [0, 0.05) is 37.4 Å². The van der Waals surface area contributed by atoms with E-state index in [4.69, 9.17) is 16.3 Å². The summed E-state index contributed by atoms with van der Waals surface area (Å²) >= 11 is 6.31. The fraction of sp³-hybridized carbons (Fsp3) is 0.304. The van der Waals surface area contributed by atoms with Crippen molar-refractivity contribution in [3.05, 3.63) is 59.1 Å². The van der Waals surface area contributed by atoms with Crippen molar-refractivity contribution in [1.82, 2.24) is 4.90 Å². The van der Waals surface area contributed by atoms with Crippen LogP contribution < -0.4 is 14.5 Å². The average molecular weight is 426 g/mol. The number of benzene rings is 2. The lowest BCUT2D eigenvalue weighted by Gasteiger charge is -2.35. The number of rotatable bonds is 5. The number of carbonyl (C=O) groups excluding carboxylic acids is 2. The maximum absolute atomic E-state index is 13.1. The van der Waals surface area contributed by atoms with Gasteiger partial charge in [-0.1, -0.05) is 36.7 Å². The zero-order chi connectivity index (χ0) is 21.3. The van der Waals surface area contributed by atoms with Crippen LogP contribution in [0.1, 0.15) is 12.5 Å². The SMILES string of the molecule is CCN1CCN(c2ccc(N3C(=O)C(Cl)=C(c4ccccc4OC)C3=O)cc2)CC1. The predicted molar refractivity (Wildman–Crippen MR) is 119 cm³/mol. The number of hydrogen-bond donors (Lipinski definition) is 0. The molecule has 2 aromatic rings. The molecule has 2 amide bonds. The molecule has 0 spiro atoms. The predicted octanol–water partition coefficient (Wildman–Crippen LogP) is 3.36. The molecular weight excluding hydrogens is 402 g/mol. The zero-order valence-corrected chi connectivity index (χ0v) is 17.9. The molecular formula is C23H24ClN3O3. The average Bonchev–Trinajstić information content (AvgIpc) is 3.02. The van der Waals surface area contributed by atoms with E-state index in [9.17, 15) is 9.59 Å². The quantitative estimate of drug-likeness (QED) is 0.687. The Hall–Kier alpha value is -2.83. The molecule has 0 aromatic heterocycles. The highest BCUT2D eigenvalue weighted by atomic mass is 35.5. The second kappa shape index (κ2) is 8.50. The minimum absolute atomic E-state index is 0.0933. The summed E-state index contributed by atoms with van der Waals surface area (Å²) < 4.78 is 5.35. The smallest absolute Gasteiger partial charge is 0.277 e. The van der Waals surface area contributed by atoms with Gasteiger partial charge in [-0.3, -0.25) is 9.59 Å². The van der Waals surface area contributed by atoms with Crippen molar-refractivity contribution >= 4 is 40.4 Å². The normalized spacial score (nSPS) is 17.8. The second-order valence-corrected chi connectivity index (χ2v) is 7.65. The third kappa shape index (κ3) is 3.57. The van der Waals surface area contributed by atoms with Gasteiger partial charge in [-0.05, 0) is 36.9 Å². The molecule has 2 aromatic carbocycles. The van der Waals surface area contributed by atoms with Gasteiger partial charge >= 0.3 is 0 Å². The molecule has 30 heavy (non-hydrogen) atoms. The maximum atomic E-state index is 13.1. The largest absolute Gasteiger partial charge is 0.496 e. The molecule has 0 radical (unpaired) electrons. The van der Waals surface area contributed by atoms with E-state index in [1.165, 1.54) is 7.11 Å². The highest BCUT2D eigenvalue weighted by Gasteiger charge is 2.40. The fourth-order valence-corrected chi connectivity index (χ4v) is 4.22. The molecule has 2 aliphatic rings. The van der Waals surface area contributed by atoms with E-state index in [0.29, 0.717) is 17.0 Å². The highest BCUT2D eigenvalue weighted by Crippen LogP contribution is 2.38. The number of likely N-dealkylation sites (N-methyl/N-ethyl adjacent to an activating group) is 1. The Morgan fingerprint density at radius 3 is 2.17 bits per heavy atom. The Labute approximate surface area is 181 Å². The van der Waals surface area contributed by atoms with Crippen LogP contribution in [0.4, 0.5) is 11.4 Å². The monoisotopic (exact) mass is 425 g/mol. The summed E-state index contributed by atoms with van der Waals surface area (Å²) in [5.74, 6) is -0.471. The van der Waals surface area contributed by atoms with Crippen molar-refractivity contribution in [3.63, 3.8) is 0 Å². The number of halogens is 1. The van der Waals surface area contributed by atoms with Crippen LogP contribution in [-0.4, -0.2) is 56.5 Å². The Balaban J connectivity index is 1.57. The summed E-state index contributed by atoms with van der Waals surface area (Å²) in [5, 5.41) is -0.0933. The molecule has 2 heterocycles. The molecule has 0 aliphatic carbocycles. The Kier molecular flexibility index (Phi) is 5.79. The minimum Gasteiger partial charge on any atom is -0.496 e. The third-order valence-electron chi connectivity index (χ3n) is 5.70. The van der Waals surface area contributed by atoms with E-state index in [1.54, 1.807) is 36.4 Å². The number of ether oxygens (including phenoxy) is 1. The second-order valence-electron chi connectivity index (χ2n) is 7.27. The van der Waals surface area contributed by atoms with Crippen molar-refractivity contribution in [2.75, 3.05) is 49.6 Å². The van der Waals surface area contributed by atoms with Crippen molar-refractivity contribution in [2.45, 2.75) is 6.92 Å². The van der Waals surface area contributed by atoms with Gasteiger partial charge in [0.15, 0.2) is 0 Å². The first-order valence-electron chi connectivity index (χ1n) is 10.0. The summed E-state index contributed by atoms with van der Waals surface area (Å²) in [6, 6.07) is 14.5. The van der Waals surface area contributed by atoms with Crippen LogP contribution in [0.3, 0.4) is 0 Å². The molecule has 0 bridgehead atoms. The number of anilines is 2. The fourth-order valence-electron chi connectivity index (χ4n) is 3.96. The molecule has 156 valence electrons. The molecule has 0 saturated carbocycles. The first-order valence-corrected chi connectivity index (χ1v) is 10.4. The van der Waals surface area contributed by atoms with Gasteiger partial charge in [-0.2, -0.15) is 0 Å². The number of piperazine rings is 1. The number of carbonyl (C=O) groups is 2. The number of para-hydroxylation sites is 1. The molecule has 1 fully saturated rings. The van der Waals surface area contributed by atoms with Gasteiger partial charge in [0.25, 0.3) is 11.8 Å². The summed E-state index contributed by atoms with van der Waals surface area (Å²) in [7, 11) is 1.52. The number of methoxy groups -OCH3 is 1. The lowest BCUT2D eigenvalue weighted by atomic mass is 10.0. The van der Waals surface area contributed by atoms with E-state index >= 15 is 0 Å². The lowest BCUT2D eigenvalue weighted by Crippen LogP contribution is -2.46. The van der Waals surface area contributed by atoms with Crippen LogP contribution in [0.5, 0.6) is 5.75 Å². The van der Waals surface area contributed by atoms with Crippen molar-refractivity contribution < 1.29 is 14.3 Å². The first kappa shape index (κ1) is 20.4. The number of amides is 2. The Bertz CT molecular complexity index is 995. The topological polar surface area (TPSA) is 53.1 Å². The summed E-state index contributed by atoms with van der Waals surface area (Å²) in [6.07, 6.45) is 0. The minimum atomic E-state index is -0.521. The maximum Gasteiger partial charge on any atom is 0.277 e. The van der Waals surface area contributed by atoms with Gasteiger partial charge in [-0.25, -0.2) is 4.90 Å². The van der Waals surface area contributed by atoms with Crippen LogP contribution in [0.15, 0.2) is 53.6 Å². The first-order chi connectivity index (χ1) is 14.5. The summed E-state index contributed by atoms with van der Waals surface area (Å²) in [5.41, 5.74) is 2.26. The van der Waals surface area contributed by atoms with E-state index in [1.807, 2.05) is 12.1 Å². The van der Waals surface area contributed by atoms with Gasteiger partial charge in [0.05, 0.1) is 18.4 Å². The van der Waals surface area contributed by atoms with Crippen LogP contribution in [0.2, 0.25) is 0 Å². The van der Waals surface area contributed by atoms with Gasteiger partial charge < -0.3 is 14.5 Å². The van der Waals surface area contributed by atoms with Crippen molar-refractivity contribution in [1.29, 1.82) is 0 Å². The number of hydrogen-bond acceptors (Lipinski definition) is 5. The van der Waals surface area contributed by atoms with Gasteiger partial charge in [0.1, 0.15) is 10.8 Å². The Morgan fingerprint density at radius 2 is 1.53 bits per heavy atom. The molecule has 7 heteroatoms. The van der Waals surface area contributed by atoms with Crippen molar-refractivity contribution in [2.24, 2.45) is 0 Å². The molecule has 0 atom stereocenters. The van der Waals surface area contributed by atoms with E-state index in [-0.39, 0.29) is 10.6 Å². The van der Waals surface area contributed by atoms with Gasteiger partial charge in [0.2, 0.25) is 0 Å². The van der Waals surface area contributed by atoms with Crippen LogP contribution in [0, 0.1) is 0 Å². The Morgan fingerprint density at radius 1 is 0.900 bits per heavy atom. The molecule has 1 saturated heterocycles. The third-order valence-corrected chi connectivity index (χ3v) is 6.05. The van der Waals surface area contributed by atoms with Crippen LogP contribution in [0.25, 0.3) is 5.57 Å². The van der Waals surface area contributed by atoms with E-state index in [2.05, 4.69) is 16.7 Å². The molecule has 0 unspecified atom stereocenters. The number of imide groups is 1. The van der Waals surface area contributed by atoms with Crippen LogP contribution >= 0.6 is 11.6 Å². The standard InChI is InChI=1S/C23H24ClN3O3/c1-3-25-12-14-26(15-13-25)16-8-10-17(11-9-16)27-22(28)20(21(24)23(27)29)18-6-4-5-7-19(18)30-2/h4-11H,3,12-15H2,1-2H3. The summed E-state index contributed by atoms with van der Waals surface area (Å²) in [4.78, 5) is 31.8. The lowest BCUT2D eigenvalue weighted by molar-refractivity contribution is -0.119. The van der Waals surface area contributed by atoms with Gasteiger partial charge in [-0.15, -0.1) is 0 Å². The molecule has 2 aliphatic heterocycles. The highest BCUT2D eigenvalue weighted by molar-refractivity contribution is 6.60. The molecule has 4 rings (SSSR count). The zero-order valence-electron chi connectivity index (χ0n) is 17.1. The van der Waals surface area contributed by atoms with Crippen LogP contribution in [-0.2, 0) is 9.59 Å². The number of nitrogens with zero attached hydrogens (tertiary/aromatic N) is 3. The summed E-state index contributed by atoms with van der Waals surface area (Å²) in [6.45, 7) is 7.22. The van der Waals surface area contributed by atoms with E-state index < -0.39 is 11.8 Å². The van der Waals surface area contributed by atoms with E-state index in [0.717, 1.165) is 43.3 Å². The molecule has 0 N–H and O–H groups in total. The molecule has 6 nitrogen and oxygen atoms in total.